The molecule has 0 fully saturated rings. The summed E-state index contributed by atoms with van der Waals surface area (Å²) >= 11 is 0. The quantitative estimate of drug-likeness (QED) is 0.639. The molecule has 3 rings (SSSR count). The summed E-state index contributed by atoms with van der Waals surface area (Å²) in [5.74, 6) is 0. The third-order valence-electron chi connectivity index (χ3n) is 3.25. The molecule has 0 saturated heterocycles. The second kappa shape index (κ2) is 4.61. The van der Waals surface area contributed by atoms with Crippen LogP contribution in [0.4, 0.5) is 5.69 Å². The minimum absolute atomic E-state index is 0.826. The van der Waals surface area contributed by atoms with Gasteiger partial charge in [-0.3, -0.25) is 0 Å². The fourth-order valence-corrected chi connectivity index (χ4v) is 2.15. The van der Waals surface area contributed by atoms with Crippen molar-refractivity contribution in [1.29, 1.82) is 0 Å². The summed E-state index contributed by atoms with van der Waals surface area (Å²) in [4.78, 5) is 6.51. The Balaban J connectivity index is 1.72. The first kappa shape index (κ1) is 11.0. The van der Waals surface area contributed by atoms with Crippen molar-refractivity contribution in [3.05, 3.63) is 54.0 Å². The van der Waals surface area contributed by atoms with E-state index in [1.807, 2.05) is 6.20 Å². The van der Waals surface area contributed by atoms with Crippen molar-refractivity contribution in [1.82, 2.24) is 9.97 Å². The molecule has 3 aromatic rings. The third-order valence-corrected chi connectivity index (χ3v) is 3.25. The number of benzene rings is 1. The van der Waals surface area contributed by atoms with Crippen molar-refractivity contribution in [2.45, 2.75) is 19.9 Å². The lowest BCUT2D eigenvalue weighted by Crippen LogP contribution is -1.99. The minimum Gasteiger partial charge on any atom is -0.379 e. The zero-order valence-electron chi connectivity index (χ0n) is 10.5. The Labute approximate surface area is 106 Å². The van der Waals surface area contributed by atoms with E-state index in [-0.39, 0.29) is 0 Å². The van der Waals surface area contributed by atoms with E-state index < -0.39 is 0 Å². The number of aryl methyl sites for hydroxylation is 1. The van der Waals surface area contributed by atoms with Crippen LogP contribution >= 0.6 is 0 Å². The first-order chi connectivity index (χ1) is 8.85. The third kappa shape index (κ3) is 2.12. The second-order valence-corrected chi connectivity index (χ2v) is 4.52. The number of hydrogen-bond donors (Lipinski definition) is 3. The lowest BCUT2D eigenvalue weighted by molar-refractivity contribution is 1.07. The number of rotatable bonds is 4. The van der Waals surface area contributed by atoms with Crippen LogP contribution < -0.4 is 5.32 Å². The molecule has 1 aromatic carbocycles. The molecule has 3 nitrogen and oxygen atoms in total. The smallest absolute Gasteiger partial charge is 0.0551 e. The van der Waals surface area contributed by atoms with Gasteiger partial charge in [-0.15, -0.1) is 0 Å². The minimum atomic E-state index is 0.826. The van der Waals surface area contributed by atoms with E-state index in [1.165, 1.54) is 22.2 Å². The van der Waals surface area contributed by atoms with Gasteiger partial charge in [-0.1, -0.05) is 13.0 Å². The van der Waals surface area contributed by atoms with E-state index in [0.29, 0.717) is 0 Å². The lowest BCUT2D eigenvalue weighted by atomic mass is 10.2. The van der Waals surface area contributed by atoms with Crippen molar-refractivity contribution >= 4 is 16.6 Å². The maximum absolute atomic E-state index is 3.43. The van der Waals surface area contributed by atoms with Crippen molar-refractivity contribution in [3.8, 4) is 0 Å². The summed E-state index contributed by atoms with van der Waals surface area (Å²) in [6, 6.07) is 10.7. The summed E-state index contributed by atoms with van der Waals surface area (Å²) in [6.45, 7) is 2.99. The Bertz CT molecular complexity index is 648. The van der Waals surface area contributed by atoms with Gasteiger partial charge in [0.05, 0.1) is 6.54 Å². The maximum atomic E-state index is 3.43. The van der Waals surface area contributed by atoms with E-state index in [0.717, 1.165) is 18.7 Å². The predicted molar refractivity (Wildman–Crippen MR) is 75.8 cm³/mol. The molecule has 0 unspecified atom stereocenters. The number of fused-ring (bicyclic) bond motifs is 1. The van der Waals surface area contributed by atoms with Gasteiger partial charge in [0.15, 0.2) is 0 Å². The molecule has 2 aromatic heterocycles. The second-order valence-electron chi connectivity index (χ2n) is 4.52. The standard InChI is InChI=1S/C15H17N3/c1-2-11-7-14(17-9-11)10-18-13-4-3-12-5-6-16-15(12)8-13/h3-9,16-18H,2,10H2,1H3. The zero-order valence-corrected chi connectivity index (χ0v) is 10.5. The monoisotopic (exact) mass is 239 g/mol. The average molecular weight is 239 g/mol. The first-order valence-corrected chi connectivity index (χ1v) is 6.32. The highest BCUT2D eigenvalue weighted by Gasteiger charge is 1.99. The molecule has 0 spiro atoms. The molecule has 2 heterocycles. The molecule has 0 atom stereocenters. The van der Waals surface area contributed by atoms with E-state index in [1.54, 1.807) is 0 Å². The Morgan fingerprint density at radius 2 is 2.06 bits per heavy atom. The van der Waals surface area contributed by atoms with Gasteiger partial charge < -0.3 is 15.3 Å². The zero-order chi connectivity index (χ0) is 12.4. The number of nitrogens with one attached hydrogen (secondary N) is 3. The van der Waals surface area contributed by atoms with Gasteiger partial charge in [-0.2, -0.15) is 0 Å². The Hall–Kier alpha value is -2.16. The van der Waals surface area contributed by atoms with E-state index >= 15 is 0 Å². The van der Waals surface area contributed by atoms with Crippen LogP contribution in [0.2, 0.25) is 0 Å². The van der Waals surface area contributed by atoms with Gasteiger partial charge >= 0.3 is 0 Å². The molecular weight excluding hydrogens is 222 g/mol. The van der Waals surface area contributed by atoms with Crippen LogP contribution in [0.15, 0.2) is 42.7 Å². The van der Waals surface area contributed by atoms with Crippen LogP contribution in [0.1, 0.15) is 18.2 Å². The molecule has 0 saturated carbocycles. The van der Waals surface area contributed by atoms with Crippen molar-refractivity contribution in [2.24, 2.45) is 0 Å². The van der Waals surface area contributed by atoms with Crippen LogP contribution in [-0.2, 0) is 13.0 Å². The van der Waals surface area contributed by atoms with Gasteiger partial charge in [0, 0.05) is 29.3 Å². The molecule has 18 heavy (non-hydrogen) atoms. The summed E-state index contributed by atoms with van der Waals surface area (Å²) in [6.07, 6.45) is 5.11. The van der Waals surface area contributed by atoms with E-state index in [9.17, 15) is 0 Å². The Morgan fingerprint density at radius 3 is 2.89 bits per heavy atom. The Morgan fingerprint density at radius 1 is 1.11 bits per heavy atom. The summed E-state index contributed by atoms with van der Waals surface area (Å²) < 4.78 is 0. The van der Waals surface area contributed by atoms with Gasteiger partial charge in [-0.25, -0.2) is 0 Å². The highest BCUT2D eigenvalue weighted by Crippen LogP contribution is 2.18. The normalized spacial score (nSPS) is 10.9. The van der Waals surface area contributed by atoms with E-state index in [4.69, 9.17) is 0 Å². The average Bonchev–Trinajstić information content (AvgIpc) is 3.04. The molecule has 0 aliphatic rings. The van der Waals surface area contributed by atoms with E-state index in [2.05, 4.69) is 58.7 Å². The number of aromatic nitrogens is 2. The molecule has 0 aliphatic carbocycles. The van der Waals surface area contributed by atoms with Crippen LogP contribution in [-0.4, -0.2) is 9.97 Å². The molecular formula is C15H17N3. The number of aromatic amines is 2. The number of anilines is 1. The number of H-pyrrole nitrogens is 2. The predicted octanol–water partition coefficient (Wildman–Crippen LogP) is 3.67. The molecule has 92 valence electrons. The van der Waals surface area contributed by atoms with Gasteiger partial charge in [0.2, 0.25) is 0 Å². The van der Waals surface area contributed by atoms with Crippen LogP contribution in [0.3, 0.4) is 0 Å². The molecule has 0 bridgehead atoms. The SMILES string of the molecule is CCc1c[nH]c(CNc2ccc3cc[nH]c3c2)c1. The molecule has 3 N–H and O–H groups in total. The van der Waals surface area contributed by atoms with Crippen LogP contribution in [0.25, 0.3) is 10.9 Å². The van der Waals surface area contributed by atoms with Gasteiger partial charge in [0.25, 0.3) is 0 Å². The van der Waals surface area contributed by atoms with Crippen molar-refractivity contribution < 1.29 is 0 Å². The highest BCUT2D eigenvalue weighted by atomic mass is 14.9. The highest BCUT2D eigenvalue weighted by molar-refractivity contribution is 5.82. The van der Waals surface area contributed by atoms with Gasteiger partial charge in [0.1, 0.15) is 0 Å². The summed E-state index contributed by atoms with van der Waals surface area (Å²) in [5, 5.41) is 4.67. The molecule has 0 amide bonds. The fourth-order valence-electron chi connectivity index (χ4n) is 2.15. The maximum Gasteiger partial charge on any atom is 0.0551 e. The summed E-state index contributed by atoms with van der Waals surface area (Å²) in [5.41, 5.74) is 4.88. The Kier molecular flexibility index (Phi) is 2.81. The molecule has 3 heteroatoms. The fraction of sp³-hybridized carbons (Fsp3) is 0.200. The van der Waals surface area contributed by atoms with Crippen molar-refractivity contribution in [3.63, 3.8) is 0 Å². The topological polar surface area (TPSA) is 43.6 Å². The van der Waals surface area contributed by atoms with Crippen molar-refractivity contribution in [2.75, 3.05) is 5.32 Å². The largest absolute Gasteiger partial charge is 0.379 e. The van der Waals surface area contributed by atoms with Crippen LogP contribution in [0.5, 0.6) is 0 Å². The molecule has 0 radical (unpaired) electrons. The molecule has 0 aliphatic heterocycles. The summed E-state index contributed by atoms with van der Waals surface area (Å²) in [7, 11) is 0. The van der Waals surface area contributed by atoms with Crippen LogP contribution in [0, 0.1) is 0 Å². The number of hydrogen-bond acceptors (Lipinski definition) is 1. The van der Waals surface area contributed by atoms with Gasteiger partial charge in [-0.05, 0) is 41.6 Å². The lowest BCUT2D eigenvalue weighted by Gasteiger charge is -2.05. The first-order valence-electron chi connectivity index (χ1n) is 6.32.